The van der Waals surface area contributed by atoms with Crippen LogP contribution in [0.5, 0.6) is 11.5 Å². The molecule has 0 atom stereocenters. The van der Waals surface area contributed by atoms with E-state index in [1.54, 1.807) is 0 Å². The molecule has 0 saturated carbocycles. The van der Waals surface area contributed by atoms with Crippen molar-refractivity contribution in [1.29, 1.82) is 0 Å². The van der Waals surface area contributed by atoms with Gasteiger partial charge < -0.3 is 10.1 Å². The van der Waals surface area contributed by atoms with Crippen molar-refractivity contribution in [3.8, 4) is 11.5 Å². The monoisotopic (exact) mass is 335 g/mol. The van der Waals surface area contributed by atoms with Gasteiger partial charge in [0.15, 0.2) is 5.75 Å². The molecule has 0 saturated heterocycles. The maximum absolute atomic E-state index is 12.3. The Morgan fingerprint density at radius 1 is 1.08 bits per heavy atom. The van der Waals surface area contributed by atoms with Crippen LogP contribution in [0.2, 0.25) is 0 Å². The Morgan fingerprint density at radius 3 is 2.52 bits per heavy atom. The molecule has 5 nitrogen and oxygen atoms in total. The van der Waals surface area contributed by atoms with Gasteiger partial charge in [-0.25, -0.2) is 0 Å². The van der Waals surface area contributed by atoms with Gasteiger partial charge in [0.25, 0.3) is 0 Å². The van der Waals surface area contributed by atoms with Crippen molar-refractivity contribution >= 4 is 11.6 Å². The lowest BCUT2D eigenvalue weighted by Crippen LogP contribution is -2.15. The number of para-hydroxylation sites is 3. The van der Waals surface area contributed by atoms with Crippen LogP contribution in [0, 0.1) is 0 Å². The number of nitrogens with zero attached hydrogens (tertiary/aromatic N) is 2. The maximum atomic E-state index is 12.3. The van der Waals surface area contributed by atoms with Gasteiger partial charge in [0.05, 0.1) is 17.8 Å². The molecule has 0 fully saturated rings. The highest BCUT2D eigenvalue weighted by atomic mass is 16.5. The molecule has 0 aliphatic heterocycles. The molecule has 128 valence electrons. The molecule has 0 aliphatic rings. The van der Waals surface area contributed by atoms with Gasteiger partial charge in [-0.2, -0.15) is 5.10 Å². The summed E-state index contributed by atoms with van der Waals surface area (Å²) in [6.45, 7) is 4.10. The summed E-state index contributed by atoms with van der Waals surface area (Å²) in [4.78, 5) is 12.3. The average Bonchev–Trinajstić information content (AvgIpc) is 3.06. The second kappa shape index (κ2) is 7.66. The Kier molecular flexibility index (Phi) is 5.14. The highest BCUT2D eigenvalue weighted by molar-refractivity contribution is 5.93. The fraction of sp³-hybridized carbons (Fsp3) is 0.200. The van der Waals surface area contributed by atoms with Crippen molar-refractivity contribution in [3.05, 3.63) is 72.6 Å². The van der Waals surface area contributed by atoms with Crippen LogP contribution in [0.15, 0.2) is 66.9 Å². The highest BCUT2D eigenvalue weighted by Crippen LogP contribution is 2.29. The summed E-state index contributed by atoms with van der Waals surface area (Å²) >= 11 is 0. The standard InChI is InChI=1S/C20H21N3O2/c1-15(2)23-13-12-16(22-23)14-20(24)21-18-10-6-7-11-19(18)25-17-8-4-3-5-9-17/h3-13,15H,14H2,1-2H3,(H,21,24). The molecule has 3 rings (SSSR count). The SMILES string of the molecule is CC(C)n1ccc(CC(=O)Nc2ccccc2Oc2ccccc2)n1. The first kappa shape index (κ1) is 16.8. The second-order valence-corrected chi connectivity index (χ2v) is 6.02. The molecule has 1 N–H and O–H groups in total. The maximum Gasteiger partial charge on any atom is 0.230 e. The zero-order chi connectivity index (χ0) is 17.6. The van der Waals surface area contributed by atoms with Crippen LogP contribution >= 0.6 is 0 Å². The normalized spacial score (nSPS) is 10.7. The number of carbonyl (C=O) groups excluding carboxylic acids is 1. The Labute approximate surface area is 147 Å². The van der Waals surface area contributed by atoms with Gasteiger partial charge in [-0.1, -0.05) is 30.3 Å². The third-order valence-corrected chi connectivity index (χ3v) is 3.67. The number of hydrogen-bond donors (Lipinski definition) is 1. The van der Waals surface area contributed by atoms with Crippen molar-refractivity contribution in [1.82, 2.24) is 9.78 Å². The van der Waals surface area contributed by atoms with Gasteiger partial charge >= 0.3 is 0 Å². The molecule has 1 aromatic heterocycles. The van der Waals surface area contributed by atoms with Crippen molar-refractivity contribution in [2.75, 3.05) is 5.32 Å². The van der Waals surface area contributed by atoms with E-state index in [1.165, 1.54) is 0 Å². The van der Waals surface area contributed by atoms with E-state index in [9.17, 15) is 4.79 Å². The highest BCUT2D eigenvalue weighted by Gasteiger charge is 2.11. The molecular weight excluding hydrogens is 314 g/mol. The molecule has 25 heavy (non-hydrogen) atoms. The Balaban J connectivity index is 1.68. The van der Waals surface area contributed by atoms with Crippen LogP contribution in [-0.2, 0) is 11.2 Å². The number of carbonyl (C=O) groups is 1. The minimum atomic E-state index is -0.127. The lowest BCUT2D eigenvalue weighted by Gasteiger charge is -2.12. The van der Waals surface area contributed by atoms with E-state index in [2.05, 4.69) is 10.4 Å². The summed E-state index contributed by atoms with van der Waals surface area (Å²) in [5, 5.41) is 7.31. The van der Waals surface area contributed by atoms with Crippen molar-refractivity contribution < 1.29 is 9.53 Å². The molecule has 5 heteroatoms. The van der Waals surface area contributed by atoms with Crippen LogP contribution in [0.4, 0.5) is 5.69 Å². The van der Waals surface area contributed by atoms with Gasteiger partial charge in [0.1, 0.15) is 5.75 Å². The predicted molar refractivity (Wildman–Crippen MR) is 97.9 cm³/mol. The largest absolute Gasteiger partial charge is 0.455 e. The molecular formula is C20H21N3O2. The molecule has 1 amide bonds. The number of hydrogen-bond acceptors (Lipinski definition) is 3. The summed E-state index contributed by atoms with van der Waals surface area (Å²) in [7, 11) is 0. The number of amides is 1. The molecule has 0 bridgehead atoms. The molecule has 0 unspecified atom stereocenters. The molecule has 0 spiro atoms. The minimum Gasteiger partial charge on any atom is -0.455 e. The first-order chi connectivity index (χ1) is 12.1. The zero-order valence-electron chi connectivity index (χ0n) is 14.3. The second-order valence-electron chi connectivity index (χ2n) is 6.02. The van der Waals surface area contributed by atoms with Gasteiger partial charge in [-0.05, 0) is 44.2 Å². The fourth-order valence-electron chi connectivity index (χ4n) is 2.39. The van der Waals surface area contributed by atoms with Crippen LogP contribution in [-0.4, -0.2) is 15.7 Å². The summed E-state index contributed by atoms with van der Waals surface area (Å²) in [5.41, 5.74) is 1.38. The van der Waals surface area contributed by atoms with Crippen LogP contribution in [0.1, 0.15) is 25.6 Å². The van der Waals surface area contributed by atoms with E-state index in [1.807, 2.05) is 85.4 Å². The van der Waals surface area contributed by atoms with Crippen molar-refractivity contribution in [2.24, 2.45) is 0 Å². The van der Waals surface area contributed by atoms with E-state index in [-0.39, 0.29) is 18.4 Å². The summed E-state index contributed by atoms with van der Waals surface area (Å²) in [6, 6.07) is 19.0. The van der Waals surface area contributed by atoms with E-state index in [0.717, 1.165) is 11.4 Å². The van der Waals surface area contributed by atoms with Gasteiger partial charge in [0, 0.05) is 12.2 Å². The third-order valence-electron chi connectivity index (χ3n) is 3.67. The molecule has 2 aromatic carbocycles. The van der Waals surface area contributed by atoms with Gasteiger partial charge in [-0.15, -0.1) is 0 Å². The summed E-state index contributed by atoms with van der Waals surface area (Å²) < 4.78 is 7.70. The Hall–Kier alpha value is -3.08. The third kappa shape index (κ3) is 4.47. The van der Waals surface area contributed by atoms with Gasteiger partial charge in [0.2, 0.25) is 5.91 Å². The summed E-state index contributed by atoms with van der Waals surface area (Å²) in [5.74, 6) is 1.20. The fourth-order valence-corrected chi connectivity index (χ4v) is 2.39. The van der Waals surface area contributed by atoms with E-state index in [4.69, 9.17) is 4.74 Å². The quantitative estimate of drug-likeness (QED) is 0.724. The van der Waals surface area contributed by atoms with Crippen LogP contribution < -0.4 is 10.1 Å². The molecule has 1 heterocycles. The number of ether oxygens (including phenoxy) is 1. The van der Waals surface area contributed by atoms with Gasteiger partial charge in [-0.3, -0.25) is 9.48 Å². The van der Waals surface area contributed by atoms with E-state index >= 15 is 0 Å². The minimum absolute atomic E-state index is 0.127. The van der Waals surface area contributed by atoms with Crippen LogP contribution in [0.25, 0.3) is 0 Å². The smallest absolute Gasteiger partial charge is 0.230 e. The average molecular weight is 335 g/mol. The topological polar surface area (TPSA) is 56.2 Å². The first-order valence-corrected chi connectivity index (χ1v) is 8.27. The van der Waals surface area contributed by atoms with Crippen molar-refractivity contribution in [2.45, 2.75) is 26.3 Å². The molecule has 3 aromatic rings. The number of rotatable bonds is 6. The van der Waals surface area contributed by atoms with Crippen LogP contribution in [0.3, 0.4) is 0 Å². The summed E-state index contributed by atoms with van der Waals surface area (Å²) in [6.07, 6.45) is 2.11. The Morgan fingerprint density at radius 2 is 1.80 bits per heavy atom. The number of aromatic nitrogens is 2. The first-order valence-electron chi connectivity index (χ1n) is 8.27. The number of benzene rings is 2. The molecule has 0 aliphatic carbocycles. The predicted octanol–water partition coefficient (Wildman–Crippen LogP) is 4.44. The number of nitrogens with one attached hydrogen (secondary N) is 1. The van der Waals surface area contributed by atoms with E-state index < -0.39 is 0 Å². The number of anilines is 1. The zero-order valence-corrected chi connectivity index (χ0v) is 14.3. The van der Waals surface area contributed by atoms with E-state index in [0.29, 0.717) is 11.4 Å². The van der Waals surface area contributed by atoms with Crippen molar-refractivity contribution in [3.63, 3.8) is 0 Å². The lowest BCUT2D eigenvalue weighted by atomic mass is 10.2. The Bertz CT molecular complexity index is 841. The molecule has 0 radical (unpaired) electrons. The lowest BCUT2D eigenvalue weighted by molar-refractivity contribution is -0.115.